The number of hydrogen-bond donors (Lipinski definition) is 1. The summed E-state index contributed by atoms with van der Waals surface area (Å²) in [4.78, 5) is 0. The first-order valence-electron chi connectivity index (χ1n) is 5.09. The molecule has 0 radical (unpaired) electrons. The summed E-state index contributed by atoms with van der Waals surface area (Å²) in [7, 11) is 1.65. The zero-order valence-electron chi connectivity index (χ0n) is 9.77. The number of aromatic amines is 1. The Morgan fingerprint density at radius 2 is 2.06 bits per heavy atom. The molecule has 0 aliphatic rings. The molecule has 1 heterocycles. The van der Waals surface area contributed by atoms with E-state index >= 15 is 0 Å². The van der Waals surface area contributed by atoms with Gasteiger partial charge in [-0.2, -0.15) is 5.10 Å². The van der Waals surface area contributed by atoms with Gasteiger partial charge in [0.15, 0.2) is 0 Å². The second-order valence-corrected chi connectivity index (χ2v) is 5.04. The van der Waals surface area contributed by atoms with Gasteiger partial charge in [0.05, 0.1) is 11.6 Å². The average molecular weight is 316 g/mol. The fourth-order valence-corrected chi connectivity index (χ4v) is 2.43. The van der Waals surface area contributed by atoms with Crippen LogP contribution in [0.15, 0.2) is 16.6 Å². The van der Waals surface area contributed by atoms with Gasteiger partial charge in [-0.3, -0.25) is 5.10 Å². The number of rotatable bonds is 2. The number of aryl methyl sites for hydroxylation is 2. The first-order chi connectivity index (χ1) is 8.04. The van der Waals surface area contributed by atoms with Crippen LogP contribution in [-0.2, 0) is 0 Å². The molecule has 1 aromatic carbocycles. The molecular formula is C12H12BrClN2O. The van der Waals surface area contributed by atoms with E-state index < -0.39 is 0 Å². The molecule has 5 heteroatoms. The van der Waals surface area contributed by atoms with Gasteiger partial charge in [0, 0.05) is 16.3 Å². The molecule has 1 N–H and O–H groups in total. The monoisotopic (exact) mass is 314 g/mol. The second-order valence-electron chi connectivity index (χ2n) is 3.81. The zero-order chi connectivity index (χ0) is 12.6. The van der Waals surface area contributed by atoms with Crippen LogP contribution in [0.4, 0.5) is 0 Å². The van der Waals surface area contributed by atoms with E-state index in [1.807, 2.05) is 26.0 Å². The number of aromatic nitrogens is 2. The van der Waals surface area contributed by atoms with Crippen LogP contribution in [0.25, 0.3) is 11.3 Å². The highest BCUT2D eigenvalue weighted by atomic mass is 79.9. The number of nitrogens with zero attached hydrogens (tertiary/aromatic N) is 1. The smallest absolute Gasteiger partial charge is 0.131 e. The molecule has 2 rings (SSSR count). The van der Waals surface area contributed by atoms with Crippen molar-refractivity contribution in [3.05, 3.63) is 32.9 Å². The van der Waals surface area contributed by atoms with Crippen LogP contribution in [0.2, 0.25) is 5.02 Å². The quantitative estimate of drug-likeness (QED) is 0.905. The Balaban J connectivity index is 2.70. The van der Waals surface area contributed by atoms with Crippen molar-refractivity contribution in [2.75, 3.05) is 7.11 Å². The largest absolute Gasteiger partial charge is 0.496 e. The highest BCUT2D eigenvalue weighted by molar-refractivity contribution is 9.10. The van der Waals surface area contributed by atoms with Gasteiger partial charge in [0.1, 0.15) is 11.4 Å². The average Bonchev–Trinajstić information content (AvgIpc) is 2.59. The molecule has 0 spiro atoms. The number of nitrogens with one attached hydrogen (secondary N) is 1. The molecule has 0 fully saturated rings. The maximum Gasteiger partial charge on any atom is 0.131 e. The van der Waals surface area contributed by atoms with E-state index in [0.29, 0.717) is 5.02 Å². The maximum absolute atomic E-state index is 6.08. The van der Waals surface area contributed by atoms with E-state index in [1.54, 1.807) is 7.11 Å². The number of hydrogen-bond acceptors (Lipinski definition) is 2. The van der Waals surface area contributed by atoms with Gasteiger partial charge in [0.2, 0.25) is 0 Å². The predicted octanol–water partition coefficient (Wildman–Crippen LogP) is 4.12. The standard InChI is InChI=1S/C12H12BrClN2O/c1-6-4-8(14)5-9(12(6)17-3)11-10(13)7(2)15-16-11/h4-5H,1-3H3,(H,15,16). The van der Waals surface area contributed by atoms with Gasteiger partial charge >= 0.3 is 0 Å². The minimum atomic E-state index is 0.672. The number of methoxy groups -OCH3 is 1. The molecule has 0 atom stereocenters. The van der Waals surface area contributed by atoms with E-state index in [9.17, 15) is 0 Å². The molecule has 1 aromatic heterocycles. The lowest BCUT2D eigenvalue weighted by Crippen LogP contribution is -1.92. The molecule has 3 nitrogen and oxygen atoms in total. The summed E-state index contributed by atoms with van der Waals surface area (Å²) >= 11 is 9.59. The summed E-state index contributed by atoms with van der Waals surface area (Å²) in [6.07, 6.45) is 0. The Morgan fingerprint density at radius 3 is 2.59 bits per heavy atom. The third kappa shape index (κ3) is 2.19. The molecule has 0 aliphatic carbocycles. The van der Waals surface area contributed by atoms with Crippen LogP contribution >= 0.6 is 27.5 Å². The molecule has 90 valence electrons. The van der Waals surface area contributed by atoms with E-state index in [1.165, 1.54) is 0 Å². The van der Waals surface area contributed by atoms with Crippen LogP contribution in [0.1, 0.15) is 11.3 Å². The number of halogens is 2. The van der Waals surface area contributed by atoms with Crippen molar-refractivity contribution in [1.29, 1.82) is 0 Å². The Morgan fingerprint density at radius 1 is 1.35 bits per heavy atom. The molecule has 0 unspecified atom stereocenters. The highest BCUT2D eigenvalue weighted by Gasteiger charge is 2.16. The summed E-state index contributed by atoms with van der Waals surface area (Å²) in [6, 6.07) is 3.73. The van der Waals surface area contributed by atoms with E-state index in [0.717, 1.165) is 32.7 Å². The van der Waals surface area contributed by atoms with Crippen molar-refractivity contribution in [1.82, 2.24) is 10.2 Å². The summed E-state index contributed by atoms with van der Waals surface area (Å²) in [6.45, 7) is 3.91. The van der Waals surface area contributed by atoms with Crippen LogP contribution in [-0.4, -0.2) is 17.3 Å². The lowest BCUT2D eigenvalue weighted by molar-refractivity contribution is 0.413. The Kier molecular flexibility index (Phi) is 3.45. The van der Waals surface area contributed by atoms with Gasteiger partial charge in [0.25, 0.3) is 0 Å². The van der Waals surface area contributed by atoms with Crippen LogP contribution in [0.5, 0.6) is 5.75 Å². The molecule has 0 aliphatic heterocycles. The molecule has 2 aromatic rings. The van der Waals surface area contributed by atoms with Crippen LogP contribution < -0.4 is 4.74 Å². The lowest BCUT2D eigenvalue weighted by Gasteiger charge is -2.10. The predicted molar refractivity (Wildman–Crippen MR) is 72.8 cm³/mol. The molecule has 0 bridgehead atoms. The van der Waals surface area contributed by atoms with E-state index in [4.69, 9.17) is 16.3 Å². The fraction of sp³-hybridized carbons (Fsp3) is 0.250. The normalized spacial score (nSPS) is 10.6. The summed E-state index contributed by atoms with van der Waals surface area (Å²) in [5.74, 6) is 0.793. The summed E-state index contributed by atoms with van der Waals surface area (Å²) in [5, 5.41) is 7.87. The molecule has 0 amide bonds. The van der Waals surface area contributed by atoms with Gasteiger partial charge < -0.3 is 4.74 Å². The zero-order valence-corrected chi connectivity index (χ0v) is 12.1. The Bertz CT molecular complexity index is 566. The lowest BCUT2D eigenvalue weighted by atomic mass is 10.1. The first-order valence-corrected chi connectivity index (χ1v) is 6.26. The molecule has 0 saturated carbocycles. The van der Waals surface area contributed by atoms with E-state index in [2.05, 4.69) is 26.1 Å². The molecule has 17 heavy (non-hydrogen) atoms. The summed E-state index contributed by atoms with van der Waals surface area (Å²) in [5.41, 5.74) is 3.65. The van der Waals surface area contributed by atoms with Gasteiger partial charge in [-0.25, -0.2) is 0 Å². The van der Waals surface area contributed by atoms with Gasteiger partial charge in [-0.05, 0) is 47.5 Å². The number of benzene rings is 1. The maximum atomic E-state index is 6.08. The van der Waals surface area contributed by atoms with Crippen molar-refractivity contribution < 1.29 is 4.74 Å². The number of ether oxygens (including phenoxy) is 1. The van der Waals surface area contributed by atoms with Crippen molar-refractivity contribution in [3.63, 3.8) is 0 Å². The molecule has 0 saturated heterocycles. The van der Waals surface area contributed by atoms with Crippen LogP contribution in [0.3, 0.4) is 0 Å². The van der Waals surface area contributed by atoms with E-state index in [-0.39, 0.29) is 0 Å². The Hall–Kier alpha value is -1.00. The van der Waals surface area contributed by atoms with Crippen molar-refractivity contribution in [2.45, 2.75) is 13.8 Å². The number of H-pyrrole nitrogens is 1. The van der Waals surface area contributed by atoms with Gasteiger partial charge in [-0.15, -0.1) is 0 Å². The van der Waals surface area contributed by atoms with Crippen molar-refractivity contribution in [2.24, 2.45) is 0 Å². The Labute approximate surface area is 113 Å². The topological polar surface area (TPSA) is 37.9 Å². The van der Waals surface area contributed by atoms with Gasteiger partial charge in [-0.1, -0.05) is 11.6 Å². The minimum absolute atomic E-state index is 0.672. The highest BCUT2D eigenvalue weighted by Crippen LogP contribution is 2.38. The third-order valence-corrected chi connectivity index (χ3v) is 3.76. The second kappa shape index (κ2) is 4.70. The molecular weight excluding hydrogens is 304 g/mol. The minimum Gasteiger partial charge on any atom is -0.496 e. The summed E-state index contributed by atoms with van der Waals surface area (Å²) < 4.78 is 6.34. The first kappa shape index (κ1) is 12.5. The van der Waals surface area contributed by atoms with Crippen LogP contribution in [0, 0.1) is 13.8 Å². The SMILES string of the molecule is COc1c(C)cc(Cl)cc1-c1n[nH]c(C)c1Br. The fourth-order valence-electron chi connectivity index (χ4n) is 1.77. The van der Waals surface area contributed by atoms with Crippen molar-refractivity contribution >= 4 is 27.5 Å². The van der Waals surface area contributed by atoms with Crippen molar-refractivity contribution in [3.8, 4) is 17.0 Å². The third-order valence-electron chi connectivity index (χ3n) is 2.57.